The highest BCUT2D eigenvalue weighted by Gasteiger charge is 2.22. The number of nitrogens with zero attached hydrogens (tertiary/aromatic N) is 1. The van der Waals surface area contributed by atoms with Crippen molar-refractivity contribution in [3.8, 4) is 0 Å². The zero-order valence-corrected chi connectivity index (χ0v) is 11.5. The van der Waals surface area contributed by atoms with Gasteiger partial charge in [0.05, 0.1) is 0 Å². The van der Waals surface area contributed by atoms with Crippen molar-refractivity contribution in [3.05, 3.63) is 0 Å². The Kier molecular flexibility index (Phi) is 7.06. The molecule has 0 aromatic carbocycles. The maximum absolute atomic E-state index is 3.63. The van der Waals surface area contributed by atoms with Crippen LogP contribution in [0.2, 0.25) is 0 Å². The maximum atomic E-state index is 3.63. The molecule has 0 aromatic rings. The quantitative estimate of drug-likeness (QED) is 0.640. The second-order valence-electron chi connectivity index (χ2n) is 5.25. The van der Waals surface area contributed by atoms with E-state index >= 15 is 0 Å². The third kappa shape index (κ3) is 4.84. The molecular formula is C14H30N2. The molecule has 1 fully saturated rings. The van der Waals surface area contributed by atoms with Crippen LogP contribution in [0, 0.1) is 11.8 Å². The van der Waals surface area contributed by atoms with Crippen molar-refractivity contribution in [2.24, 2.45) is 11.8 Å². The van der Waals surface area contributed by atoms with Crippen LogP contribution in [0.4, 0.5) is 0 Å². The highest BCUT2D eigenvalue weighted by Crippen LogP contribution is 2.30. The van der Waals surface area contributed by atoms with Crippen LogP contribution in [0.1, 0.15) is 46.5 Å². The van der Waals surface area contributed by atoms with Crippen LogP contribution < -0.4 is 5.32 Å². The van der Waals surface area contributed by atoms with Crippen LogP contribution in [0.5, 0.6) is 0 Å². The van der Waals surface area contributed by atoms with E-state index in [0.717, 1.165) is 11.8 Å². The van der Waals surface area contributed by atoms with Gasteiger partial charge in [0, 0.05) is 0 Å². The minimum absolute atomic E-state index is 0.952. The fourth-order valence-electron chi connectivity index (χ4n) is 2.78. The summed E-state index contributed by atoms with van der Waals surface area (Å²) in [5.74, 6) is 1.91. The smallest absolute Gasteiger partial charge is 0.000687 e. The molecule has 0 bridgehead atoms. The molecule has 0 amide bonds. The predicted octanol–water partition coefficient (Wildman–Crippen LogP) is 2.74. The zero-order chi connectivity index (χ0) is 11.8. The van der Waals surface area contributed by atoms with Crippen molar-refractivity contribution in [2.45, 2.75) is 46.5 Å². The molecule has 0 aromatic heterocycles. The van der Waals surface area contributed by atoms with E-state index in [1.165, 1.54) is 58.4 Å². The summed E-state index contributed by atoms with van der Waals surface area (Å²) >= 11 is 0. The fourth-order valence-corrected chi connectivity index (χ4v) is 2.78. The Balaban J connectivity index is 1.95. The van der Waals surface area contributed by atoms with Gasteiger partial charge < -0.3 is 10.2 Å². The molecule has 1 N–H and O–H groups in total. The third-order valence-corrected chi connectivity index (χ3v) is 4.17. The second kappa shape index (κ2) is 8.08. The van der Waals surface area contributed by atoms with Gasteiger partial charge in [-0.1, -0.05) is 33.6 Å². The van der Waals surface area contributed by atoms with E-state index in [1.807, 2.05) is 0 Å². The van der Waals surface area contributed by atoms with Crippen molar-refractivity contribution < 1.29 is 0 Å². The van der Waals surface area contributed by atoms with E-state index in [9.17, 15) is 0 Å². The van der Waals surface area contributed by atoms with Crippen LogP contribution in [0.15, 0.2) is 0 Å². The summed E-state index contributed by atoms with van der Waals surface area (Å²) in [7, 11) is 0. The molecule has 1 aliphatic carbocycles. The van der Waals surface area contributed by atoms with Crippen LogP contribution >= 0.6 is 0 Å². The molecule has 1 aliphatic rings. The summed E-state index contributed by atoms with van der Waals surface area (Å²) in [6.07, 6.45) is 5.64. The Morgan fingerprint density at radius 3 is 2.50 bits per heavy atom. The summed E-state index contributed by atoms with van der Waals surface area (Å²) in [6, 6.07) is 0. The molecule has 2 heteroatoms. The zero-order valence-electron chi connectivity index (χ0n) is 11.5. The van der Waals surface area contributed by atoms with Crippen molar-refractivity contribution in [1.29, 1.82) is 0 Å². The summed E-state index contributed by atoms with van der Waals surface area (Å²) in [5, 5.41) is 3.63. The van der Waals surface area contributed by atoms with E-state index in [1.54, 1.807) is 0 Å². The summed E-state index contributed by atoms with van der Waals surface area (Å²) in [6.45, 7) is 13.0. The Bertz CT molecular complexity index is 166. The van der Waals surface area contributed by atoms with Crippen LogP contribution in [-0.2, 0) is 0 Å². The Labute approximate surface area is 102 Å². The lowest BCUT2D eigenvalue weighted by atomic mass is 9.98. The Morgan fingerprint density at radius 1 is 1.19 bits per heavy atom. The first-order chi connectivity index (χ1) is 7.77. The van der Waals surface area contributed by atoms with E-state index in [4.69, 9.17) is 0 Å². The molecule has 2 atom stereocenters. The molecule has 2 nitrogen and oxygen atoms in total. The topological polar surface area (TPSA) is 15.3 Å². The summed E-state index contributed by atoms with van der Waals surface area (Å²) < 4.78 is 0. The number of hydrogen-bond donors (Lipinski definition) is 1. The maximum Gasteiger partial charge on any atom is -0.000687 e. The molecule has 96 valence electrons. The Morgan fingerprint density at radius 2 is 1.94 bits per heavy atom. The minimum Gasteiger partial charge on any atom is -0.316 e. The lowest BCUT2D eigenvalue weighted by molar-refractivity contribution is 0.295. The van der Waals surface area contributed by atoms with E-state index in [-0.39, 0.29) is 0 Å². The standard InChI is InChI=1S/C14H30N2/c1-4-16(5-2)11-7-10-15-12-14-9-6-8-13(14)3/h13-15H,4-12H2,1-3H3. The number of nitrogens with one attached hydrogen (secondary N) is 1. The number of hydrogen-bond acceptors (Lipinski definition) is 2. The lowest BCUT2D eigenvalue weighted by Crippen LogP contribution is -2.29. The molecular weight excluding hydrogens is 196 g/mol. The van der Waals surface area contributed by atoms with Crippen molar-refractivity contribution in [3.63, 3.8) is 0 Å². The molecule has 0 radical (unpaired) electrons. The molecule has 1 rings (SSSR count). The lowest BCUT2D eigenvalue weighted by Gasteiger charge is -2.19. The van der Waals surface area contributed by atoms with E-state index in [2.05, 4.69) is 31.0 Å². The Hall–Kier alpha value is -0.0800. The monoisotopic (exact) mass is 226 g/mol. The van der Waals surface area contributed by atoms with Gasteiger partial charge in [0.2, 0.25) is 0 Å². The predicted molar refractivity (Wildman–Crippen MR) is 71.8 cm³/mol. The van der Waals surface area contributed by atoms with E-state index in [0.29, 0.717) is 0 Å². The summed E-state index contributed by atoms with van der Waals surface area (Å²) in [5.41, 5.74) is 0. The van der Waals surface area contributed by atoms with Gasteiger partial charge in [-0.05, 0) is 57.4 Å². The molecule has 0 aliphatic heterocycles. The van der Waals surface area contributed by atoms with Gasteiger partial charge >= 0.3 is 0 Å². The minimum atomic E-state index is 0.952. The number of rotatable bonds is 8. The first-order valence-corrected chi connectivity index (χ1v) is 7.21. The van der Waals surface area contributed by atoms with Crippen molar-refractivity contribution in [2.75, 3.05) is 32.7 Å². The van der Waals surface area contributed by atoms with Gasteiger partial charge in [0.15, 0.2) is 0 Å². The molecule has 16 heavy (non-hydrogen) atoms. The van der Waals surface area contributed by atoms with Crippen LogP contribution in [0.25, 0.3) is 0 Å². The molecule has 2 unspecified atom stereocenters. The normalized spacial score (nSPS) is 25.5. The average Bonchev–Trinajstić information content (AvgIpc) is 2.70. The highest BCUT2D eigenvalue weighted by atomic mass is 15.1. The molecule has 0 saturated heterocycles. The fraction of sp³-hybridized carbons (Fsp3) is 1.00. The van der Waals surface area contributed by atoms with Gasteiger partial charge in [0.25, 0.3) is 0 Å². The van der Waals surface area contributed by atoms with Gasteiger partial charge in [-0.15, -0.1) is 0 Å². The van der Waals surface area contributed by atoms with Crippen molar-refractivity contribution in [1.82, 2.24) is 10.2 Å². The molecule has 0 heterocycles. The first kappa shape index (κ1) is 14.0. The largest absolute Gasteiger partial charge is 0.316 e. The molecule has 0 spiro atoms. The van der Waals surface area contributed by atoms with E-state index < -0.39 is 0 Å². The second-order valence-corrected chi connectivity index (χ2v) is 5.25. The van der Waals surface area contributed by atoms with Crippen LogP contribution in [0.3, 0.4) is 0 Å². The summed E-state index contributed by atoms with van der Waals surface area (Å²) in [4.78, 5) is 2.50. The van der Waals surface area contributed by atoms with Crippen LogP contribution in [-0.4, -0.2) is 37.6 Å². The van der Waals surface area contributed by atoms with Gasteiger partial charge in [-0.2, -0.15) is 0 Å². The SMILES string of the molecule is CCN(CC)CCCNCC1CCCC1C. The van der Waals surface area contributed by atoms with Gasteiger partial charge in [-0.25, -0.2) is 0 Å². The molecule has 1 saturated carbocycles. The van der Waals surface area contributed by atoms with Crippen molar-refractivity contribution >= 4 is 0 Å². The highest BCUT2D eigenvalue weighted by molar-refractivity contribution is 4.75. The first-order valence-electron chi connectivity index (χ1n) is 7.21. The van der Waals surface area contributed by atoms with Gasteiger partial charge in [-0.3, -0.25) is 0 Å². The van der Waals surface area contributed by atoms with Gasteiger partial charge in [0.1, 0.15) is 0 Å². The average molecular weight is 226 g/mol. The third-order valence-electron chi connectivity index (χ3n) is 4.17.